The van der Waals surface area contributed by atoms with Gasteiger partial charge in [0.1, 0.15) is 5.01 Å². The molecule has 0 aliphatic carbocycles. The van der Waals surface area contributed by atoms with Gasteiger partial charge in [-0.15, -0.1) is 0 Å². The summed E-state index contributed by atoms with van der Waals surface area (Å²) in [5.74, 6) is 0.706. The Morgan fingerprint density at radius 1 is 0.683 bits per heavy atom. The summed E-state index contributed by atoms with van der Waals surface area (Å²) >= 11 is 1.43. The van der Waals surface area contributed by atoms with Crippen molar-refractivity contribution in [3.05, 3.63) is 127 Å². The molecule has 4 aromatic carbocycles. The monoisotopic (exact) mass is 547 g/mol. The molecule has 0 spiro atoms. The zero-order valence-corrected chi connectivity index (χ0v) is 23.4. The maximum absolute atomic E-state index is 5.08. The van der Waals surface area contributed by atoms with Crippen molar-refractivity contribution in [2.75, 3.05) is 4.90 Å². The van der Waals surface area contributed by atoms with E-state index in [0.29, 0.717) is 5.82 Å². The third-order valence-electron chi connectivity index (χ3n) is 8.12. The van der Waals surface area contributed by atoms with Crippen molar-refractivity contribution < 1.29 is 0 Å². The van der Waals surface area contributed by atoms with Crippen LogP contribution in [0.5, 0.6) is 0 Å². The Hall–Kier alpha value is -4.94. The zero-order chi connectivity index (χ0) is 27.6. The molecule has 1 aliphatic heterocycles. The van der Waals surface area contributed by atoms with Gasteiger partial charge in [-0.3, -0.25) is 9.97 Å². The molecule has 3 aromatic heterocycles. The van der Waals surface area contributed by atoms with Crippen LogP contribution >= 0.6 is 11.5 Å². The Bertz CT molecular complexity index is 2100. The molecule has 0 saturated heterocycles. The summed E-state index contributed by atoms with van der Waals surface area (Å²) in [4.78, 5) is 16.7. The first kappa shape index (κ1) is 23.9. The van der Waals surface area contributed by atoms with E-state index in [0.717, 1.165) is 43.6 Å². The summed E-state index contributed by atoms with van der Waals surface area (Å²) in [6, 6.07) is 36.2. The van der Waals surface area contributed by atoms with E-state index >= 15 is 0 Å². The van der Waals surface area contributed by atoms with Gasteiger partial charge in [-0.2, -0.15) is 4.37 Å². The normalized spacial score (nSPS) is 13.8. The molecule has 0 bridgehead atoms. The van der Waals surface area contributed by atoms with Crippen LogP contribution in [0.25, 0.3) is 43.8 Å². The largest absolute Gasteiger partial charge is 0.310 e. The fourth-order valence-electron chi connectivity index (χ4n) is 6.12. The second kappa shape index (κ2) is 9.04. The Morgan fingerprint density at radius 3 is 2.32 bits per heavy atom. The SMILES string of the molecule is CC1(C)c2ccccc2N(c2ccccc2)c2cc(-c3nc(-c4cc5cccnc5c5ncccc45)ns3)ccc21. The predicted octanol–water partition coefficient (Wildman–Crippen LogP) is 9.08. The van der Waals surface area contributed by atoms with E-state index < -0.39 is 0 Å². The van der Waals surface area contributed by atoms with E-state index in [9.17, 15) is 0 Å². The molecule has 1 aliphatic rings. The third-order valence-corrected chi connectivity index (χ3v) is 8.88. The van der Waals surface area contributed by atoms with Crippen LogP contribution in [0.15, 0.2) is 116 Å². The number of aromatic nitrogens is 4. The lowest BCUT2D eigenvalue weighted by Gasteiger charge is -2.42. The number of nitrogens with zero attached hydrogens (tertiary/aromatic N) is 5. The van der Waals surface area contributed by atoms with Crippen molar-refractivity contribution in [3.63, 3.8) is 0 Å². The number of hydrogen-bond acceptors (Lipinski definition) is 6. The fraction of sp³-hybridized carbons (Fsp3) is 0.0857. The molecule has 0 amide bonds. The fourth-order valence-corrected chi connectivity index (χ4v) is 6.79. The summed E-state index contributed by atoms with van der Waals surface area (Å²) in [6.07, 6.45) is 3.62. The first-order valence-corrected chi connectivity index (χ1v) is 14.4. The van der Waals surface area contributed by atoms with E-state index in [2.05, 4.69) is 120 Å². The zero-order valence-electron chi connectivity index (χ0n) is 22.6. The van der Waals surface area contributed by atoms with Crippen molar-refractivity contribution in [2.45, 2.75) is 19.3 Å². The Labute approximate surface area is 242 Å². The highest BCUT2D eigenvalue weighted by Crippen LogP contribution is 2.52. The lowest BCUT2D eigenvalue weighted by atomic mass is 9.73. The predicted molar refractivity (Wildman–Crippen MR) is 168 cm³/mol. The quantitative estimate of drug-likeness (QED) is 0.207. The maximum atomic E-state index is 5.08. The lowest BCUT2D eigenvalue weighted by molar-refractivity contribution is 0.632. The number of rotatable bonds is 3. The van der Waals surface area contributed by atoms with E-state index in [1.165, 1.54) is 34.0 Å². The average molecular weight is 548 g/mol. The molecule has 41 heavy (non-hydrogen) atoms. The van der Waals surface area contributed by atoms with Gasteiger partial charge in [-0.1, -0.05) is 74.5 Å². The first-order chi connectivity index (χ1) is 20.1. The molecule has 0 radical (unpaired) electrons. The third kappa shape index (κ3) is 3.68. The highest BCUT2D eigenvalue weighted by atomic mass is 32.1. The molecule has 0 fully saturated rings. The van der Waals surface area contributed by atoms with Gasteiger partial charge in [0.15, 0.2) is 5.82 Å². The molecular weight excluding hydrogens is 522 g/mol. The summed E-state index contributed by atoms with van der Waals surface area (Å²) in [7, 11) is 0. The van der Waals surface area contributed by atoms with Crippen LogP contribution in [0.1, 0.15) is 25.0 Å². The number of pyridine rings is 2. The molecule has 8 rings (SSSR count). The minimum atomic E-state index is -0.146. The van der Waals surface area contributed by atoms with Crippen molar-refractivity contribution in [2.24, 2.45) is 0 Å². The highest BCUT2D eigenvalue weighted by molar-refractivity contribution is 7.09. The topological polar surface area (TPSA) is 54.8 Å². The van der Waals surface area contributed by atoms with Gasteiger partial charge < -0.3 is 4.90 Å². The standard InChI is InChI=1S/C35H25N5S/c1-35(2)27-14-6-7-15-29(27)40(24-11-4-3-5-12-24)30-21-23(16-17-28(30)35)34-38-33(39-41-34)26-20-22-10-8-18-36-31(22)32-25(26)13-9-19-37-32/h3-21H,1-2H3. The Kier molecular flexibility index (Phi) is 5.27. The van der Waals surface area contributed by atoms with Gasteiger partial charge >= 0.3 is 0 Å². The van der Waals surface area contributed by atoms with Gasteiger partial charge in [0.05, 0.1) is 22.4 Å². The van der Waals surface area contributed by atoms with Crippen molar-refractivity contribution in [1.29, 1.82) is 0 Å². The van der Waals surface area contributed by atoms with Crippen LogP contribution < -0.4 is 4.90 Å². The maximum Gasteiger partial charge on any atom is 0.174 e. The van der Waals surface area contributed by atoms with Crippen LogP contribution in [0.4, 0.5) is 17.1 Å². The van der Waals surface area contributed by atoms with Gasteiger partial charge in [0.2, 0.25) is 0 Å². The Balaban J connectivity index is 1.29. The summed E-state index contributed by atoms with van der Waals surface area (Å²) in [5.41, 5.74) is 9.73. The van der Waals surface area contributed by atoms with Crippen molar-refractivity contribution in [1.82, 2.24) is 19.3 Å². The van der Waals surface area contributed by atoms with Gasteiger partial charge in [-0.05, 0) is 65.1 Å². The molecule has 5 nitrogen and oxygen atoms in total. The smallest absolute Gasteiger partial charge is 0.174 e. The molecule has 196 valence electrons. The number of para-hydroxylation sites is 2. The minimum Gasteiger partial charge on any atom is -0.310 e. The molecule has 0 atom stereocenters. The van der Waals surface area contributed by atoms with Crippen LogP contribution in [0, 0.1) is 0 Å². The Morgan fingerprint density at radius 2 is 1.44 bits per heavy atom. The minimum absolute atomic E-state index is 0.146. The molecular formula is C35H25N5S. The van der Waals surface area contributed by atoms with Crippen LogP contribution in [-0.2, 0) is 5.41 Å². The number of fused-ring (bicyclic) bond motifs is 5. The molecule has 4 heterocycles. The second-order valence-corrected chi connectivity index (χ2v) is 11.6. The lowest BCUT2D eigenvalue weighted by Crippen LogP contribution is -2.30. The van der Waals surface area contributed by atoms with Crippen LogP contribution in [0.2, 0.25) is 0 Å². The van der Waals surface area contributed by atoms with Gasteiger partial charge in [0.25, 0.3) is 0 Å². The van der Waals surface area contributed by atoms with E-state index in [-0.39, 0.29) is 5.41 Å². The number of benzene rings is 4. The number of hydrogen-bond donors (Lipinski definition) is 0. The summed E-state index contributed by atoms with van der Waals surface area (Å²) in [5, 5.41) is 2.91. The molecule has 0 unspecified atom stereocenters. The van der Waals surface area contributed by atoms with E-state index in [1.54, 1.807) is 0 Å². The van der Waals surface area contributed by atoms with E-state index in [1.807, 2.05) is 24.5 Å². The van der Waals surface area contributed by atoms with Gasteiger partial charge in [0, 0.05) is 45.4 Å². The first-order valence-electron chi connectivity index (χ1n) is 13.7. The average Bonchev–Trinajstić information content (AvgIpc) is 3.51. The summed E-state index contributed by atoms with van der Waals surface area (Å²) in [6.45, 7) is 4.62. The second-order valence-electron chi connectivity index (χ2n) is 10.9. The highest BCUT2D eigenvalue weighted by Gasteiger charge is 2.37. The van der Waals surface area contributed by atoms with Crippen LogP contribution in [0.3, 0.4) is 0 Å². The molecule has 0 N–H and O–H groups in total. The summed E-state index contributed by atoms with van der Waals surface area (Å²) < 4.78 is 4.84. The van der Waals surface area contributed by atoms with Crippen molar-refractivity contribution >= 4 is 50.4 Å². The molecule has 7 aromatic rings. The van der Waals surface area contributed by atoms with E-state index in [4.69, 9.17) is 9.36 Å². The van der Waals surface area contributed by atoms with Gasteiger partial charge in [-0.25, -0.2) is 4.98 Å². The van der Waals surface area contributed by atoms with Crippen LogP contribution in [-0.4, -0.2) is 19.3 Å². The number of anilines is 3. The molecule has 0 saturated carbocycles. The molecule has 6 heteroatoms. The van der Waals surface area contributed by atoms with Crippen molar-refractivity contribution in [3.8, 4) is 22.0 Å².